The van der Waals surface area contributed by atoms with Crippen molar-refractivity contribution in [3.63, 3.8) is 0 Å². The van der Waals surface area contributed by atoms with E-state index in [-0.39, 0.29) is 17.0 Å². The molecule has 0 saturated carbocycles. The van der Waals surface area contributed by atoms with Gasteiger partial charge in [-0.3, -0.25) is 20.2 Å². The van der Waals surface area contributed by atoms with E-state index in [9.17, 15) is 14.9 Å². The molecular weight excluding hydrogens is 366 g/mol. The van der Waals surface area contributed by atoms with E-state index < -0.39 is 10.8 Å². The van der Waals surface area contributed by atoms with Gasteiger partial charge in [-0.05, 0) is 36.8 Å². The Hall–Kier alpha value is -2.71. The number of carbonyl (C=O) groups excluding carboxylic acids is 1. The van der Waals surface area contributed by atoms with Crippen LogP contribution >= 0.6 is 22.9 Å². The number of hydrogen-bond donors (Lipinski definition) is 1. The molecule has 3 rings (SSSR count). The molecule has 1 aromatic heterocycles. The van der Waals surface area contributed by atoms with E-state index in [2.05, 4.69) is 10.3 Å². The molecular formula is C16H12ClN3O4S. The van der Waals surface area contributed by atoms with Crippen LogP contribution < -0.4 is 10.1 Å². The van der Waals surface area contributed by atoms with Gasteiger partial charge in [-0.2, -0.15) is 0 Å². The molecule has 9 heteroatoms. The van der Waals surface area contributed by atoms with Gasteiger partial charge in [0.1, 0.15) is 0 Å². The number of benzene rings is 2. The lowest BCUT2D eigenvalue weighted by Crippen LogP contribution is -2.12. The van der Waals surface area contributed by atoms with Crippen molar-refractivity contribution in [3.05, 3.63) is 56.6 Å². The highest BCUT2D eigenvalue weighted by Gasteiger charge is 2.19. The van der Waals surface area contributed by atoms with Gasteiger partial charge in [0.2, 0.25) is 0 Å². The van der Waals surface area contributed by atoms with Crippen LogP contribution in [-0.2, 0) is 0 Å². The van der Waals surface area contributed by atoms with E-state index in [0.717, 1.165) is 10.3 Å². The molecule has 0 fully saturated rings. The van der Waals surface area contributed by atoms with E-state index in [0.29, 0.717) is 15.7 Å². The van der Waals surface area contributed by atoms with Crippen LogP contribution in [0.2, 0.25) is 5.02 Å². The summed E-state index contributed by atoms with van der Waals surface area (Å²) in [5.41, 5.74) is 1.46. The summed E-state index contributed by atoms with van der Waals surface area (Å²) in [6.45, 7) is 1.89. The number of halogens is 1. The molecule has 0 atom stereocenters. The highest BCUT2D eigenvalue weighted by molar-refractivity contribution is 7.22. The van der Waals surface area contributed by atoms with Crippen LogP contribution in [0.5, 0.6) is 5.75 Å². The molecule has 7 nitrogen and oxygen atoms in total. The summed E-state index contributed by atoms with van der Waals surface area (Å²) in [6.07, 6.45) is 0. The van der Waals surface area contributed by atoms with Crippen molar-refractivity contribution in [1.82, 2.24) is 4.98 Å². The Kier molecular flexibility index (Phi) is 4.56. The lowest BCUT2D eigenvalue weighted by Gasteiger charge is -2.04. The molecule has 3 aromatic rings. The first kappa shape index (κ1) is 17.1. The molecule has 1 heterocycles. The Labute approximate surface area is 151 Å². The van der Waals surface area contributed by atoms with Crippen molar-refractivity contribution in [3.8, 4) is 5.75 Å². The molecule has 0 bridgehead atoms. The molecule has 25 heavy (non-hydrogen) atoms. The van der Waals surface area contributed by atoms with Gasteiger partial charge in [0.25, 0.3) is 5.91 Å². The summed E-state index contributed by atoms with van der Waals surface area (Å²) in [7, 11) is 1.33. The maximum Gasteiger partial charge on any atom is 0.311 e. The van der Waals surface area contributed by atoms with Crippen molar-refractivity contribution in [2.24, 2.45) is 0 Å². The summed E-state index contributed by atoms with van der Waals surface area (Å²) in [5.74, 6) is -0.403. The summed E-state index contributed by atoms with van der Waals surface area (Å²) in [5, 5.41) is 14.7. The molecule has 0 radical (unpaired) electrons. The molecule has 0 spiro atoms. The van der Waals surface area contributed by atoms with E-state index in [1.54, 1.807) is 6.07 Å². The zero-order valence-corrected chi connectivity index (χ0v) is 14.8. The standard InChI is InChI=1S/C16H12ClN3O4S/c1-8-5-14-11(7-10(8)17)18-16(25-14)19-15(21)9-3-4-13(24-2)12(6-9)20(22)23/h3-7H,1-2H3,(H,18,19,21). The Morgan fingerprint density at radius 1 is 1.36 bits per heavy atom. The number of fused-ring (bicyclic) bond motifs is 1. The maximum absolute atomic E-state index is 12.4. The SMILES string of the molecule is COc1ccc(C(=O)Nc2nc3cc(Cl)c(C)cc3s2)cc1[N+](=O)[O-]. The van der Waals surface area contributed by atoms with Crippen molar-refractivity contribution >= 4 is 49.9 Å². The predicted molar refractivity (Wildman–Crippen MR) is 97.0 cm³/mol. The average molecular weight is 378 g/mol. The summed E-state index contributed by atoms with van der Waals surface area (Å²) in [6, 6.07) is 7.63. The molecule has 128 valence electrons. The van der Waals surface area contributed by atoms with Gasteiger partial charge in [-0.15, -0.1) is 0 Å². The Bertz CT molecular complexity index is 963. The first-order chi connectivity index (χ1) is 11.9. The number of methoxy groups -OCH3 is 1. The van der Waals surface area contributed by atoms with E-state index >= 15 is 0 Å². The van der Waals surface area contributed by atoms with Crippen LogP contribution in [0.1, 0.15) is 15.9 Å². The second-order valence-corrected chi connectivity index (χ2v) is 6.62. The molecule has 0 unspecified atom stereocenters. The van der Waals surface area contributed by atoms with E-state index in [1.165, 1.54) is 36.6 Å². The zero-order valence-electron chi connectivity index (χ0n) is 13.2. The van der Waals surface area contributed by atoms with Crippen molar-refractivity contribution in [1.29, 1.82) is 0 Å². The quantitative estimate of drug-likeness (QED) is 0.536. The predicted octanol–water partition coefficient (Wildman–Crippen LogP) is 4.43. The second kappa shape index (κ2) is 6.66. The number of aromatic nitrogens is 1. The minimum absolute atomic E-state index is 0.0895. The van der Waals surface area contributed by atoms with Gasteiger partial charge in [-0.1, -0.05) is 22.9 Å². The van der Waals surface area contributed by atoms with Crippen molar-refractivity contribution < 1.29 is 14.5 Å². The third-order valence-corrected chi connectivity index (χ3v) is 4.87. The number of nitro benzene ring substituents is 1. The smallest absolute Gasteiger partial charge is 0.311 e. The number of ether oxygens (including phenoxy) is 1. The van der Waals surface area contributed by atoms with Gasteiger partial charge in [0.15, 0.2) is 10.9 Å². The first-order valence-electron chi connectivity index (χ1n) is 7.09. The second-order valence-electron chi connectivity index (χ2n) is 5.19. The van der Waals surface area contributed by atoms with Gasteiger partial charge in [0.05, 0.1) is 22.2 Å². The van der Waals surface area contributed by atoms with Crippen molar-refractivity contribution in [2.45, 2.75) is 6.92 Å². The molecule has 0 aliphatic carbocycles. The highest BCUT2D eigenvalue weighted by atomic mass is 35.5. The van der Waals surface area contributed by atoms with Crippen molar-refractivity contribution in [2.75, 3.05) is 12.4 Å². The molecule has 1 amide bonds. The Morgan fingerprint density at radius 3 is 2.80 bits per heavy atom. The lowest BCUT2D eigenvalue weighted by atomic mass is 10.2. The number of thiazole rings is 1. The fourth-order valence-corrected chi connectivity index (χ4v) is 3.35. The molecule has 2 aromatic carbocycles. The maximum atomic E-state index is 12.4. The number of amides is 1. The average Bonchev–Trinajstić information content (AvgIpc) is 2.95. The zero-order chi connectivity index (χ0) is 18.1. The molecule has 1 N–H and O–H groups in total. The van der Waals surface area contributed by atoms with Gasteiger partial charge >= 0.3 is 5.69 Å². The molecule has 0 aliphatic rings. The minimum Gasteiger partial charge on any atom is -0.490 e. The van der Waals surface area contributed by atoms with Crippen LogP contribution in [0, 0.1) is 17.0 Å². The van der Waals surface area contributed by atoms with Crippen LogP contribution in [0.4, 0.5) is 10.8 Å². The summed E-state index contributed by atoms with van der Waals surface area (Å²) >= 11 is 7.38. The van der Waals surface area contributed by atoms with E-state index in [1.807, 2.05) is 13.0 Å². The summed E-state index contributed by atoms with van der Waals surface area (Å²) in [4.78, 5) is 27.1. The monoisotopic (exact) mass is 377 g/mol. The molecule has 0 aliphatic heterocycles. The van der Waals surface area contributed by atoms with Gasteiger partial charge < -0.3 is 4.74 Å². The van der Waals surface area contributed by atoms with Crippen LogP contribution in [0.25, 0.3) is 10.2 Å². The van der Waals surface area contributed by atoms with E-state index in [4.69, 9.17) is 16.3 Å². The highest BCUT2D eigenvalue weighted by Crippen LogP contribution is 2.31. The topological polar surface area (TPSA) is 94.4 Å². The number of hydrogen-bond acceptors (Lipinski definition) is 6. The number of nitro groups is 1. The van der Waals surface area contributed by atoms with Crippen LogP contribution in [-0.4, -0.2) is 22.9 Å². The first-order valence-corrected chi connectivity index (χ1v) is 8.29. The number of rotatable bonds is 4. The number of nitrogens with one attached hydrogen (secondary N) is 1. The fourth-order valence-electron chi connectivity index (χ4n) is 2.25. The summed E-state index contributed by atoms with van der Waals surface area (Å²) < 4.78 is 5.81. The van der Waals surface area contributed by atoms with Crippen LogP contribution in [0.3, 0.4) is 0 Å². The largest absolute Gasteiger partial charge is 0.490 e. The number of nitrogens with zero attached hydrogens (tertiary/aromatic N) is 2. The van der Waals surface area contributed by atoms with Gasteiger partial charge in [-0.25, -0.2) is 4.98 Å². The number of aryl methyl sites for hydroxylation is 1. The third-order valence-electron chi connectivity index (χ3n) is 3.53. The Balaban J connectivity index is 1.89. The minimum atomic E-state index is -0.599. The number of anilines is 1. The van der Waals surface area contributed by atoms with Crippen LogP contribution in [0.15, 0.2) is 30.3 Å². The molecule has 0 saturated heterocycles. The lowest BCUT2D eigenvalue weighted by molar-refractivity contribution is -0.385. The normalized spacial score (nSPS) is 10.7. The third kappa shape index (κ3) is 3.40. The number of carbonyl (C=O) groups is 1. The Morgan fingerprint density at radius 2 is 2.12 bits per heavy atom. The van der Waals surface area contributed by atoms with Gasteiger partial charge in [0, 0.05) is 16.7 Å². The fraction of sp³-hybridized carbons (Fsp3) is 0.125.